The summed E-state index contributed by atoms with van der Waals surface area (Å²) in [4.78, 5) is 4.83. The largest absolute Gasteiger partial charge is 0.322 e. The molecule has 0 spiro atoms. The lowest BCUT2D eigenvalue weighted by Gasteiger charge is -2.35. The fourth-order valence-electron chi connectivity index (χ4n) is 11.0. The van der Waals surface area contributed by atoms with Gasteiger partial charge in [-0.05, 0) is 149 Å². The lowest BCUT2D eigenvalue weighted by Crippen LogP contribution is -2.28. The standard InChI is InChI=1S/C66H73N3/c1-8-10-12-22-44-66(45-23-13-11-9-2)60-46-51(64(3,4)5)36-43-59(60)63-58-29-21-20-28-57(58)62(47-61(63)66)69(53-26-18-15-19-27-53)56-39-32-49(33-40-56)48-30-37-54(38-31-48)68(52-24-16-14-17-25-52)55-41-34-50(35-42-55)65(6,7)67/h14-21,24-43,46-47H,8-13,22-23,44-45,67H2,1-7H3. The van der Waals surface area contributed by atoms with Crippen molar-refractivity contribution in [2.24, 2.45) is 5.73 Å². The van der Waals surface area contributed by atoms with Crippen LogP contribution in [0.2, 0.25) is 0 Å². The average molecular weight is 908 g/mol. The SMILES string of the molecule is CCCCCCC1(CCCCCC)c2cc(C(C)(C)C)ccc2-c2c1cc(N(c1ccccc1)c1ccc(-c3ccc(N(c4ccccc4)c4ccc(C(C)(C)N)cc4)cc3)cc1)c1ccccc21. The molecule has 0 fully saturated rings. The zero-order valence-electron chi connectivity index (χ0n) is 42.4. The second-order valence-electron chi connectivity index (χ2n) is 21.3. The monoisotopic (exact) mass is 908 g/mol. The van der Waals surface area contributed by atoms with Crippen LogP contribution in [0.3, 0.4) is 0 Å². The summed E-state index contributed by atoms with van der Waals surface area (Å²) in [6.45, 7) is 15.9. The van der Waals surface area contributed by atoms with Gasteiger partial charge in [0, 0.05) is 44.8 Å². The van der Waals surface area contributed by atoms with Gasteiger partial charge in [0.2, 0.25) is 0 Å². The van der Waals surface area contributed by atoms with Crippen molar-refractivity contribution in [1.29, 1.82) is 0 Å². The van der Waals surface area contributed by atoms with E-state index in [1.807, 2.05) is 13.8 Å². The predicted octanol–water partition coefficient (Wildman–Crippen LogP) is 19.1. The quantitative estimate of drug-likeness (QED) is 0.0871. The minimum Gasteiger partial charge on any atom is -0.322 e. The number of hydrogen-bond donors (Lipinski definition) is 1. The molecule has 0 amide bonds. The Morgan fingerprint density at radius 1 is 0.420 bits per heavy atom. The molecule has 0 heterocycles. The summed E-state index contributed by atoms with van der Waals surface area (Å²) >= 11 is 0. The summed E-state index contributed by atoms with van der Waals surface area (Å²) in [7, 11) is 0. The van der Waals surface area contributed by atoms with Gasteiger partial charge < -0.3 is 15.5 Å². The van der Waals surface area contributed by atoms with Gasteiger partial charge in [-0.15, -0.1) is 0 Å². The second-order valence-corrected chi connectivity index (χ2v) is 21.3. The van der Waals surface area contributed by atoms with Crippen molar-refractivity contribution in [2.45, 2.75) is 129 Å². The first kappa shape index (κ1) is 47.6. The molecule has 0 saturated carbocycles. The lowest BCUT2D eigenvalue weighted by molar-refractivity contribution is 0.400. The number of benzene rings is 8. The van der Waals surface area contributed by atoms with Gasteiger partial charge in [-0.3, -0.25) is 0 Å². The van der Waals surface area contributed by atoms with Crippen molar-refractivity contribution in [2.75, 3.05) is 9.80 Å². The van der Waals surface area contributed by atoms with Crippen LogP contribution in [0.15, 0.2) is 182 Å². The highest BCUT2D eigenvalue weighted by atomic mass is 15.1. The number of nitrogens with two attached hydrogens (primary N) is 1. The summed E-state index contributed by atoms with van der Waals surface area (Å²) in [6.07, 6.45) is 12.4. The van der Waals surface area contributed by atoms with E-state index in [9.17, 15) is 0 Å². The summed E-state index contributed by atoms with van der Waals surface area (Å²) in [6, 6.07) is 67.9. The van der Waals surface area contributed by atoms with Crippen LogP contribution in [0.25, 0.3) is 33.0 Å². The molecule has 0 atom stereocenters. The molecular formula is C66H73N3. The lowest BCUT2D eigenvalue weighted by atomic mass is 9.69. The van der Waals surface area contributed by atoms with Gasteiger partial charge in [0.25, 0.3) is 0 Å². The van der Waals surface area contributed by atoms with E-state index in [0.717, 1.165) is 34.0 Å². The van der Waals surface area contributed by atoms with Crippen LogP contribution in [-0.4, -0.2) is 0 Å². The van der Waals surface area contributed by atoms with Crippen LogP contribution in [0, 0.1) is 0 Å². The molecule has 0 aliphatic heterocycles. The minimum atomic E-state index is -0.406. The highest BCUT2D eigenvalue weighted by Crippen LogP contribution is 2.59. The van der Waals surface area contributed by atoms with E-state index in [1.165, 1.54) is 114 Å². The van der Waals surface area contributed by atoms with E-state index in [2.05, 4.69) is 226 Å². The zero-order chi connectivity index (χ0) is 48.2. The van der Waals surface area contributed by atoms with Crippen LogP contribution in [-0.2, 0) is 16.4 Å². The number of anilines is 6. The molecule has 1 aliphatic rings. The van der Waals surface area contributed by atoms with Crippen molar-refractivity contribution < 1.29 is 0 Å². The van der Waals surface area contributed by atoms with Crippen LogP contribution in [0.5, 0.6) is 0 Å². The fraction of sp³-hybridized carbons (Fsp3) is 0.303. The van der Waals surface area contributed by atoms with Crippen molar-refractivity contribution >= 4 is 44.9 Å². The molecule has 0 aromatic heterocycles. The fourth-order valence-corrected chi connectivity index (χ4v) is 11.0. The number of fused-ring (bicyclic) bond motifs is 5. The Morgan fingerprint density at radius 2 is 0.870 bits per heavy atom. The van der Waals surface area contributed by atoms with Crippen molar-refractivity contribution in [3.8, 4) is 22.3 Å². The van der Waals surface area contributed by atoms with Crippen LogP contribution in [0.4, 0.5) is 34.1 Å². The Hall–Kier alpha value is -6.42. The summed E-state index contributed by atoms with van der Waals surface area (Å²) < 4.78 is 0. The Bertz CT molecular complexity index is 2940. The molecule has 3 heteroatoms. The molecule has 0 saturated heterocycles. The average Bonchev–Trinajstić information content (AvgIpc) is 3.63. The molecule has 0 unspecified atom stereocenters. The second kappa shape index (κ2) is 20.3. The number of para-hydroxylation sites is 2. The molecule has 69 heavy (non-hydrogen) atoms. The summed E-state index contributed by atoms with van der Waals surface area (Å²) in [5, 5.41) is 2.63. The zero-order valence-corrected chi connectivity index (χ0v) is 42.4. The first-order valence-electron chi connectivity index (χ1n) is 25.9. The first-order chi connectivity index (χ1) is 33.4. The molecule has 9 rings (SSSR count). The van der Waals surface area contributed by atoms with Crippen molar-refractivity contribution in [3.63, 3.8) is 0 Å². The Labute approximate surface area is 414 Å². The van der Waals surface area contributed by atoms with Gasteiger partial charge >= 0.3 is 0 Å². The van der Waals surface area contributed by atoms with E-state index in [0.29, 0.717) is 0 Å². The Balaban J connectivity index is 1.14. The number of hydrogen-bond acceptors (Lipinski definition) is 3. The van der Waals surface area contributed by atoms with E-state index in [4.69, 9.17) is 5.73 Å². The Kier molecular flexibility index (Phi) is 14.0. The van der Waals surface area contributed by atoms with Gasteiger partial charge in [-0.1, -0.05) is 201 Å². The van der Waals surface area contributed by atoms with Gasteiger partial charge in [0.1, 0.15) is 0 Å². The van der Waals surface area contributed by atoms with Crippen molar-refractivity contribution in [1.82, 2.24) is 0 Å². The topological polar surface area (TPSA) is 32.5 Å². The number of rotatable bonds is 18. The first-order valence-corrected chi connectivity index (χ1v) is 25.9. The maximum atomic E-state index is 6.47. The van der Waals surface area contributed by atoms with Crippen molar-refractivity contribution in [3.05, 3.63) is 204 Å². The molecule has 8 aromatic rings. The minimum absolute atomic E-state index is 0.0590. The molecule has 0 bridgehead atoms. The maximum Gasteiger partial charge on any atom is 0.0543 e. The molecule has 8 aromatic carbocycles. The molecule has 352 valence electrons. The molecule has 3 nitrogen and oxygen atoms in total. The third-order valence-corrected chi connectivity index (χ3v) is 14.8. The van der Waals surface area contributed by atoms with Gasteiger partial charge in [0.05, 0.1) is 5.69 Å². The number of nitrogens with zero attached hydrogens (tertiary/aromatic N) is 2. The normalized spacial score (nSPS) is 13.0. The van der Waals surface area contributed by atoms with Crippen LogP contribution < -0.4 is 15.5 Å². The van der Waals surface area contributed by atoms with Crippen LogP contribution >= 0.6 is 0 Å². The Morgan fingerprint density at radius 3 is 1.38 bits per heavy atom. The summed E-state index contributed by atoms with van der Waals surface area (Å²) in [5.41, 5.74) is 23.8. The van der Waals surface area contributed by atoms with E-state index < -0.39 is 5.54 Å². The molecule has 1 aliphatic carbocycles. The van der Waals surface area contributed by atoms with E-state index >= 15 is 0 Å². The maximum absolute atomic E-state index is 6.47. The van der Waals surface area contributed by atoms with Gasteiger partial charge in [-0.25, -0.2) is 0 Å². The molecule has 2 N–H and O–H groups in total. The predicted molar refractivity (Wildman–Crippen MR) is 298 cm³/mol. The number of unbranched alkanes of at least 4 members (excludes halogenated alkanes) is 6. The van der Waals surface area contributed by atoms with Crippen LogP contribution in [0.1, 0.15) is 135 Å². The van der Waals surface area contributed by atoms with Gasteiger partial charge in [0.15, 0.2) is 0 Å². The molecule has 0 radical (unpaired) electrons. The third kappa shape index (κ3) is 9.77. The van der Waals surface area contributed by atoms with E-state index in [1.54, 1.807) is 5.56 Å². The van der Waals surface area contributed by atoms with Gasteiger partial charge in [-0.2, -0.15) is 0 Å². The smallest absolute Gasteiger partial charge is 0.0543 e. The molecular weight excluding hydrogens is 835 g/mol. The highest BCUT2D eigenvalue weighted by Gasteiger charge is 2.44. The van der Waals surface area contributed by atoms with E-state index in [-0.39, 0.29) is 10.8 Å². The summed E-state index contributed by atoms with van der Waals surface area (Å²) in [5.74, 6) is 0. The third-order valence-electron chi connectivity index (χ3n) is 14.8. The highest BCUT2D eigenvalue weighted by molar-refractivity contribution is 6.10.